The maximum absolute atomic E-state index is 13.0. The van der Waals surface area contributed by atoms with E-state index in [1.807, 2.05) is 24.3 Å². The molecular formula is C24H28N6O6. The van der Waals surface area contributed by atoms with Crippen LogP contribution in [-0.2, 0) is 16.1 Å². The van der Waals surface area contributed by atoms with Gasteiger partial charge in [0.25, 0.3) is 5.56 Å². The van der Waals surface area contributed by atoms with Gasteiger partial charge in [0.15, 0.2) is 0 Å². The predicted octanol–water partition coefficient (Wildman–Crippen LogP) is 1.13. The predicted molar refractivity (Wildman–Crippen MR) is 133 cm³/mol. The highest BCUT2D eigenvalue weighted by atomic mass is 16.4. The van der Waals surface area contributed by atoms with Gasteiger partial charge >= 0.3 is 6.09 Å². The molecule has 0 unspecified atom stereocenters. The van der Waals surface area contributed by atoms with E-state index in [2.05, 4.69) is 20.6 Å². The lowest BCUT2D eigenvalue weighted by Gasteiger charge is -2.24. The van der Waals surface area contributed by atoms with E-state index in [0.717, 1.165) is 15.9 Å². The Bertz CT molecular complexity index is 1280. The van der Waals surface area contributed by atoms with E-state index in [1.54, 1.807) is 12.3 Å². The Balaban J connectivity index is 1.70. The lowest BCUT2D eigenvalue weighted by molar-refractivity contribution is -0.120. The van der Waals surface area contributed by atoms with Crippen LogP contribution >= 0.6 is 0 Å². The number of imidazole rings is 1. The van der Waals surface area contributed by atoms with Crippen LogP contribution in [0.5, 0.6) is 0 Å². The van der Waals surface area contributed by atoms with Gasteiger partial charge in [-0.2, -0.15) is 0 Å². The zero-order valence-corrected chi connectivity index (χ0v) is 19.7. The molecule has 1 atom stereocenters. The van der Waals surface area contributed by atoms with E-state index < -0.39 is 29.5 Å². The monoisotopic (exact) mass is 496 g/mol. The van der Waals surface area contributed by atoms with Crippen LogP contribution in [0.15, 0.2) is 59.5 Å². The van der Waals surface area contributed by atoms with E-state index in [1.165, 1.54) is 29.8 Å². The highest BCUT2D eigenvalue weighted by molar-refractivity contribution is 5.96. The zero-order chi connectivity index (χ0) is 26.1. The summed E-state index contributed by atoms with van der Waals surface area (Å²) in [5.41, 5.74) is 1.14. The third-order valence-electron chi connectivity index (χ3n) is 5.40. The molecule has 0 saturated carbocycles. The number of nitrogens with one attached hydrogen (secondary N) is 3. The molecule has 12 nitrogen and oxygen atoms in total. The number of aromatic nitrogens is 3. The number of likely N-dealkylation sites (N-methyl/N-ethyl adjacent to an activating group) is 1. The minimum atomic E-state index is -1.31. The van der Waals surface area contributed by atoms with Crippen molar-refractivity contribution in [2.75, 3.05) is 25.5 Å². The number of para-hydroxylation sites is 2. The van der Waals surface area contributed by atoms with Crippen LogP contribution in [0.25, 0.3) is 11.0 Å². The van der Waals surface area contributed by atoms with Gasteiger partial charge in [-0.15, -0.1) is 0 Å². The lowest BCUT2D eigenvalue weighted by Crippen LogP contribution is -2.45. The van der Waals surface area contributed by atoms with Gasteiger partial charge in [0.05, 0.1) is 24.2 Å². The summed E-state index contributed by atoms with van der Waals surface area (Å²) < 4.78 is 1.39. The first kappa shape index (κ1) is 26.2. The Morgan fingerprint density at radius 2 is 2.00 bits per heavy atom. The summed E-state index contributed by atoms with van der Waals surface area (Å²) in [5.74, 6) is -0.511. The first-order chi connectivity index (χ1) is 17.3. The summed E-state index contributed by atoms with van der Waals surface area (Å²) in [6, 6.07) is 9.41. The smallest absolute Gasteiger partial charge is 0.407 e. The van der Waals surface area contributed by atoms with Crippen LogP contribution in [-0.4, -0.2) is 73.8 Å². The number of aliphatic hydroxyl groups is 1. The van der Waals surface area contributed by atoms with Gasteiger partial charge in [-0.05, 0) is 43.2 Å². The van der Waals surface area contributed by atoms with Crippen molar-refractivity contribution < 1.29 is 24.6 Å². The number of carboxylic acid groups (broad SMARTS) is 1. The second-order valence-corrected chi connectivity index (χ2v) is 7.95. The molecular weight excluding hydrogens is 468 g/mol. The van der Waals surface area contributed by atoms with E-state index in [0.29, 0.717) is 5.82 Å². The number of pyridine rings is 1. The molecule has 0 aliphatic rings. The fourth-order valence-electron chi connectivity index (χ4n) is 3.53. The molecule has 0 radical (unpaired) electrons. The number of carbonyl (C=O) groups excluding carboxylic acids is 2. The Kier molecular flexibility index (Phi) is 8.95. The Hall–Kier alpha value is -4.45. The average molecular weight is 497 g/mol. The maximum atomic E-state index is 13.0. The highest BCUT2D eigenvalue weighted by Gasteiger charge is 2.27. The van der Waals surface area contributed by atoms with Crippen molar-refractivity contribution in [2.24, 2.45) is 0 Å². The third-order valence-corrected chi connectivity index (χ3v) is 5.40. The van der Waals surface area contributed by atoms with Crippen LogP contribution in [0, 0.1) is 0 Å². The molecule has 1 aromatic carbocycles. The molecule has 3 amide bonds. The van der Waals surface area contributed by atoms with Crippen molar-refractivity contribution in [2.45, 2.75) is 25.4 Å². The number of aliphatic hydroxyl groups excluding tert-OH is 1. The zero-order valence-electron chi connectivity index (χ0n) is 19.7. The molecule has 2 heterocycles. The first-order valence-corrected chi connectivity index (χ1v) is 11.2. The van der Waals surface area contributed by atoms with Crippen LogP contribution in [0.3, 0.4) is 0 Å². The normalized spacial score (nSPS) is 11.9. The molecule has 0 spiro atoms. The molecule has 0 aliphatic carbocycles. The van der Waals surface area contributed by atoms with E-state index in [-0.39, 0.29) is 38.2 Å². The molecule has 0 saturated heterocycles. The van der Waals surface area contributed by atoms with Crippen LogP contribution in [0.2, 0.25) is 0 Å². The number of aromatic amines is 1. The fourth-order valence-corrected chi connectivity index (χ4v) is 3.53. The molecule has 3 aromatic rings. The van der Waals surface area contributed by atoms with Crippen molar-refractivity contribution in [3.63, 3.8) is 0 Å². The van der Waals surface area contributed by atoms with E-state index in [4.69, 9.17) is 5.11 Å². The number of hydrogen-bond donors (Lipinski definition) is 5. The maximum Gasteiger partial charge on any atom is 0.407 e. The second kappa shape index (κ2) is 12.3. The molecule has 190 valence electrons. The molecule has 3 rings (SSSR count). The van der Waals surface area contributed by atoms with Gasteiger partial charge in [0, 0.05) is 19.8 Å². The quantitative estimate of drug-likeness (QED) is 0.248. The van der Waals surface area contributed by atoms with Crippen molar-refractivity contribution in [3.8, 4) is 0 Å². The average Bonchev–Trinajstić information content (AvgIpc) is 3.27. The van der Waals surface area contributed by atoms with Crippen LogP contribution in [0.1, 0.15) is 18.7 Å². The number of amides is 3. The van der Waals surface area contributed by atoms with Gasteiger partial charge in [0.1, 0.15) is 17.6 Å². The number of carbonyl (C=O) groups is 3. The van der Waals surface area contributed by atoms with Crippen molar-refractivity contribution in [1.82, 2.24) is 24.8 Å². The lowest BCUT2D eigenvalue weighted by atomic mass is 10.1. The van der Waals surface area contributed by atoms with Crippen LogP contribution < -0.4 is 16.2 Å². The number of anilines is 1. The summed E-state index contributed by atoms with van der Waals surface area (Å²) >= 11 is 0. The third kappa shape index (κ3) is 6.79. The highest BCUT2D eigenvalue weighted by Crippen LogP contribution is 2.12. The molecule has 36 heavy (non-hydrogen) atoms. The Morgan fingerprint density at radius 1 is 1.22 bits per heavy atom. The van der Waals surface area contributed by atoms with Crippen molar-refractivity contribution in [1.29, 1.82) is 0 Å². The summed E-state index contributed by atoms with van der Waals surface area (Å²) in [6.07, 6.45) is 3.32. The number of hydrogen-bond acceptors (Lipinski definition) is 6. The number of benzene rings is 1. The minimum absolute atomic E-state index is 0.00123. The summed E-state index contributed by atoms with van der Waals surface area (Å²) in [5, 5.41) is 23.1. The first-order valence-electron chi connectivity index (χ1n) is 11.2. The number of nitrogens with zero attached hydrogens (tertiary/aromatic N) is 3. The molecule has 12 heteroatoms. The molecule has 0 aliphatic heterocycles. The molecule has 0 bridgehead atoms. The summed E-state index contributed by atoms with van der Waals surface area (Å²) in [6.45, 7) is 0.0738. The van der Waals surface area contributed by atoms with E-state index >= 15 is 0 Å². The van der Waals surface area contributed by atoms with Gasteiger partial charge in [-0.3, -0.25) is 19.3 Å². The fraction of sp³-hybridized carbons (Fsp3) is 0.292. The summed E-state index contributed by atoms with van der Waals surface area (Å²) in [7, 11) is 1.26. The van der Waals surface area contributed by atoms with Crippen LogP contribution in [0.4, 0.5) is 10.5 Å². The standard InChI is InChI=1S/C24H28N6O6/c1-29(24(35)36)19(10-4-5-11-21(32)25-12-14-31)22(33)28-18-9-6-13-30(23(18)34)15-20-26-16-7-2-3-8-17(16)27-20/h2-3,5-9,11,13,19,31H,4,10,12,14-15H2,1H3,(H,25,32)(H,26,27)(H,28,33)(H,35,36)/b11-5+/t19-/m0/s1. The van der Waals surface area contributed by atoms with Gasteiger partial charge in [0.2, 0.25) is 11.8 Å². The van der Waals surface area contributed by atoms with E-state index in [9.17, 15) is 24.3 Å². The molecule has 5 N–H and O–H groups in total. The largest absolute Gasteiger partial charge is 0.465 e. The number of rotatable bonds is 11. The van der Waals surface area contributed by atoms with Gasteiger partial charge in [-0.1, -0.05) is 18.2 Å². The Morgan fingerprint density at radius 3 is 2.72 bits per heavy atom. The molecule has 2 aromatic heterocycles. The Labute approximate surface area is 206 Å². The van der Waals surface area contributed by atoms with Crippen molar-refractivity contribution in [3.05, 3.63) is 70.9 Å². The van der Waals surface area contributed by atoms with Gasteiger partial charge in [-0.25, -0.2) is 9.78 Å². The van der Waals surface area contributed by atoms with Gasteiger partial charge < -0.3 is 30.4 Å². The topological polar surface area (TPSA) is 170 Å². The summed E-state index contributed by atoms with van der Waals surface area (Å²) in [4.78, 5) is 57.5. The number of allylic oxidation sites excluding steroid dienone is 1. The number of fused-ring (bicyclic) bond motifs is 1. The SMILES string of the molecule is CN(C(=O)O)[C@@H](CC/C=C/C(=O)NCCO)C(=O)Nc1cccn(Cc2nc3ccccc3[nH]2)c1=O. The minimum Gasteiger partial charge on any atom is -0.465 e. The second-order valence-electron chi connectivity index (χ2n) is 7.95. The van der Waals surface area contributed by atoms with Crippen molar-refractivity contribution >= 4 is 34.6 Å². The number of H-pyrrole nitrogens is 1. The molecule has 0 fully saturated rings.